The summed E-state index contributed by atoms with van der Waals surface area (Å²) in [5, 5.41) is 12.8. The molecule has 4 aromatic carbocycles. The molecule has 0 spiro atoms. The first-order valence-corrected chi connectivity index (χ1v) is 14.2. The first kappa shape index (κ1) is 27.4. The number of nitrogens with two attached hydrogens (primary N) is 1. The van der Waals surface area contributed by atoms with E-state index in [-0.39, 0.29) is 27.8 Å². The Balaban J connectivity index is 1.62. The number of nitrogens with one attached hydrogen (secondary N) is 1. The quantitative estimate of drug-likeness (QED) is 0.303. The minimum Gasteiger partial charge on any atom is -0.384 e. The molecule has 9 heteroatoms. The Morgan fingerprint density at radius 1 is 0.829 bits per heavy atom. The number of rotatable bonds is 7. The van der Waals surface area contributed by atoms with Gasteiger partial charge >= 0.3 is 0 Å². The van der Waals surface area contributed by atoms with Crippen molar-refractivity contribution in [3.05, 3.63) is 132 Å². The largest absolute Gasteiger partial charge is 0.384 e. The molecule has 0 bridgehead atoms. The summed E-state index contributed by atoms with van der Waals surface area (Å²) in [5.41, 5.74) is 9.59. The van der Waals surface area contributed by atoms with Gasteiger partial charge in [0.15, 0.2) is 5.78 Å². The number of nitriles is 1. The number of hydrogen-bond acceptors (Lipinski definition) is 6. The molecule has 41 heavy (non-hydrogen) atoms. The van der Waals surface area contributed by atoms with Crippen LogP contribution in [0.3, 0.4) is 0 Å². The van der Waals surface area contributed by atoms with Crippen LogP contribution >= 0.6 is 0 Å². The van der Waals surface area contributed by atoms with E-state index in [2.05, 4.69) is 11.4 Å². The van der Waals surface area contributed by atoms with Crippen LogP contribution in [0.25, 0.3) is 11.1 Å². The highest BCUT2D eigenvalue weighted by molar-refractivity contribution is 7.89. The van der Waals surface area contributed by atoms with Crippen LogP contribution in [0, 0.1) is 11.3 Å². The van der Waals surface area contributed by atoms with Gasteiger partial charge in [0.25, 0.3) is 10.0 Å². The molecular weight excluding hydrogens is 536 g/mol. The molecular formula is C32H26N4O4S. The van der Waals surface area contributed by atoms with Gasteiger partial charge in [-0.3, -0.25) is 9.59 Å². The number of sulfonamides is 1. The Labute approximate surface area is 238 Å². The number of Topliss-reactive ketones (excluding diaryl/α,β-unsaturated/α-hetero) is 1. The summed E-state index contributed by atoms with van der Waals surface area (Å²) in [4.78, 5) is 25.3. The number of carbonyl (C=O) groups is 2. The summed E-state index contributed by atoms with van der Waals surface area (Å²) >= 11 is 0. The van der Waals surface area contributed by atoms with Gasteiger partial charge in [0, 0.05) is 18.2 Å². The molecule has 1 heterocycles. The van der Waals surface area contributed by atoms with Crippen LogP contribution in [-0.4, -0.2) is 30.5 Å². The molecule has 1 aliphatic heterocycles. The Morgan fingerprint density at radius 3 is 1.95 bits per heavy atom. The molecule has 0 fully saturated rings. The number of nitrogens with zero attached hydrogens (tertiary/aromatic N) is 2. The predicted octanol–water partition coefficient (Wildman–Crippen LogP) is 5.05. The zero-order chi connectivity index (χ0) is 29.1. The van der Waals surface area contributed by atoms with Gasteiger partial charge in [-0.2, -0.15) is 5.26 Å². The zero-order valence-electron chi connectivity index (χ0n) is 22.1. The van der Waals surface area contributed by atoms with Crippen LogP contribution in [0.15, 0.2) is 125 Å². The number of anilines is 1. The van der Waals surface area contributed by atoms with E-state index in [4.69, 9.17) is 5.73 Å². The molecule has 4 aromatic rings. The lowest BCUT2D eigenvalue weighted by Gasteiger charge is -2.29. The first-order valence-electron chi connectivity index (χ1n) is 12.8. The maximum atomic E-state index is 14.1. The summed E-state index contributed by atoms with van der Waals surface area (Å²) in [6.45, 7) is 1.34. The van der Waals surface area contributed by atoms with Gasteiger partial charge in [-0.25, -0.2) is 12.7 Å². The fourth-order valence-electron chi connectivity index (χ4n) is 5.05. The van der Waals surface area contributed by atoms with Gasteiger partial charge < -0.3 is 11.1 Å². The lowest BCUT2D eigenvalue weighted by molar-refractivity contribution is -0.114. The normalized spacial score (nSPS) is 16.7. The van der Waals surface area contributed by atoms with Crippen LogP contribution in [-0.2, 0) is 14.8 Å². The van der Waals surface area contributed by atoms with Crippen molar-refractivity contribution in [2.75, 3.05) is 5.32 Å². The van der Waals surface area contributed by atoms with Gasteiger partial charge in [-0.1, -0.05) is 84.9 Å². The second-order valence-corrected chi connectivity index (χ2v) is 11.4. The third-order valence-electron chi connectivity index (χ3n) is 6.95. The fraction of sp³-hybridized carbons (Fsp3) is 0.0938. The summed E-state index contributed by atoms with van der Waals surface area (Å²) in [5.74, 6) is -2.04. The van der Waals surface area contributed by atoms with Gasteiger partial charge in [0.2, 0.25) is 5.91 Å². The van der Waals surface area contributed by atoms with Crippen molar-refractivity contribution in [1.29, 1.82) is 5.26 Å². The van der Waals surface area contributed by atoms with E-state index in [0.717, 1.165) is 15.4 Å². The summed E-state index contributed by atoms with van der Waals surface area (Å²) in [7, 11) is -4.40. The lowest BCUT2D eigenvalue weighted by Crippen LogP contribution is -2.45. The number of benzene rings is 4. The number of ketones is 1. The van der Waals surface area contributed by atoms with Crippen molar-refractivity contribution in [2.45, 2.75) is 23.8 Å². The molecule has 204 valence electrons. The average Bonchev–Trinajstić information content (AvgIpc) is 3.30. The molecule has 0 saturated heterocycles. The minimum absolute atomic E-state index is 0.00909. The number of amides is 1. The Hall–Kier alpha value is -5.20. The van der Waals surface area contributed by atoms with Crippen molar-refractivity contribution in [3.8, 4) is 17.2 Å². The highest BCUT2D eigenvalue weighted by atomic mass is 32.2. The SMILES string of the molecule is CC(=O)Nc1ccc(S(=O)(=O)N2C(N)=C(C#N)[C@H](c3ccc(-c4ccccc4)cc3)[C@@H]2C(=O)c2ccccc2)cc1. The van der Waals surface area contributed by atoms with E-state index < -0.39 is 27.8 Å². The predicted molar refractivity (Wildman–Crippen MR) is 156 cm³/mol. The first-order chi connectivity index (χ1) is 19.7. The smallest absolute Gasteiger partial charge is 0.266 e. The van der Waals surface area contributed by atoms with Crippen molar-refractivity contribution >= 4 is 27.4 Å². The third-order valence-corrected chi connectivity index (χ3v) is 8.76. The van der Waals surface area contributed by atoms with Crippen molar-refractivity contribution in [1.82, 2.24) is 4.31 Å². The van der Waals surface area contributed by atoms with Gasteiger partial charge in [0.1, 0.15) is 11.9 Å². The van der Waals surface area contributed by atoms with Crippen LogP contribution in [0.1, 0.15) is 28.8 Å². The van der Waals surface area contributed by atoms with E-state index in [1.807, 2.05) is 42.5 Å². The topological polar surface area (TPSA) is 133 Å². The van der Waals surface area contributed by atoms with Crippen molar-refractivity contribution < 1.29 is 18.0 Å². The summed E-state index contributed by atoms with van der Waals surface area (Å²) in [6, 6.07) is 31.7. The molecule has 0 aliphatic carbocycles. The monoisotopic (exact) mass is 562 g/mol. The van der Waals surface area contributed by atoms with Crippen molar-refractivity contribution in [2.24, 2.45) is 5.73 Å². The molecule has 5 rings (SSSR count). The van der Waals surface area contributed by atoms with Crippen LogP contribution in [0.2, 0.25) is 0 Å². The molecule has 1 amide bonds. The molecule has 0 aromatic heterocycles. The second kappa shape index (κ2) is 11.1. The van der Waals surface area contributed by atoms with Crippen LogP contribution in [0.4, 0.5) is 5.69 Å². The fourth-order valence-corrected chi connectivity index (χ4v) is 6.63. The molecule has 0 unspecified atom stereocenters. The Bertz CT molecular complexity index is 1780. The highest BCUT2D eigenvalue weighted by Gasteiger charge is 2.50. The van der Waals surface area contributed by atoms with E-state index in [9.17, 15) is 23.3 Å². The molecule has 2 atom stereocenters. The van der Waals surface area contributed by atoms with Crippen LogP contribution < -0.4 is 11.1 Å². The van der Waals surface area contributed by atoms with Gasteiger partial charge in [0.05, 0.1) is 22.5 Å². The maximum absolute atomic E-state index is 14.1. The average molecular weight is 563 g/mol. The Kier molecular flexibility index (Phi) is 7.42. The van der Waals surface area contributed by atoms with E-state index >= 15 is 0 Å². The molecule has 8 nitrogen and oxygen atoms in total. The second-order valence-electron chi connectivity index (χ2n) is 9.56. The van der Waals surface area contributed by atoms with E-state index in [1.54, 1.807) is 42.5 Å². The number of hydrogen-bond donors (Lipinski definition) is 2. The van der Waals surface area contributed by atoms with E-state index in [0.29, 0.717) is 11.3 Å². The molecule has 1 aliphatic rings. The lowest BCUT2D eigenvalue weighted by atomic mass is 9.84. The summed E-state index contributed by atoms with van der Waals surface area (Å²) < 4.78 is 29.0. The maximum Gasteiger partial charge on any atom is 0.266 e. The van der Waals surface area contributed by atoms with Crippen LogP contribution in [0.5, 0.6) is 0 Å². The molecule has 3 N–H and O–H groups in total. The van der Waals surface area contributed by atoms with Gasteiger partial charge in [-0.05, 0) is 41.0 Å². The standard InChI is InChI=1S/C32H26N4O4S/c1-21(37)35-26-16-18-27(19-17-26)41(39,40)36-30(31(38)25-10-6-3-7-11-25)29(28(20-33)32(36)34)24-14-12-23(13-15-24)22-8-4-2-5-9-22/h2-19,29-30H,34H2,1H3,(H,35,37)/t29-,30+/m0/s1. The molecule has 0 saturated carbocycles. The van der Waals surface area contributed by atoms with Gasteiger partial charge in [-0.15, -0.1) is 0 Å². The highest BCUT2D eigenvalue weighted by Crippen LogP contribution is 2.44. The number of carbonyl (C=O) groups excluding carboxylic acids is 2. The van der Waals surface area contributed by atoms with Crippen molar-refractivity contribution in [3.63, 3.8) is 0 Å². The molecule has 0 radical (unpaired) electrons. The Morgan fingerprint density at radius 2 is 1.39 bits per heavy atom. The zero-order valence-corrected chi connectivity index (χ0v) is 22.9. The summed E-state index contributed by atoms with van der Waals surface area (Å²) in [6.07, 6.45) is 0. The van der Waals surface area contributed by atoms with E-state index in [1.165, 1.54) is 31.2 Å². The third kappa shape index (κ3) is 5.21. The minimum atomic E-state index is -4.40.